The molecule has 0 unspecified atom stereocenters. The highest BCUT2D eigenvalue weighted by Crippen LogP contribution is 2.27. The molecule has 2 rings (SSSR count). The summed E-state index contributed by atoms with van der Waals surface area (Å²) in [5.74, 6) is 1.05. The summed E-state index contributed by atoms with van der Waals surface area (Å²) < 4.78 is 10.7. The van der Waals surface area contributed by atoms with Crippen LogP contribution in [0.25, 0.3) is 0 Å². The first-order valence-corrected chi connectivity index (χ1v) is 8.23. The summed E-state index contributed by atoms with van der Waals surface area (Å²) in [6.07, 6.45) is 1.80. The first-order valence-electron chi connectivity index (χ1n) is 8.23. The van der Waals surface area contributed by atoms with Gasteiger partial charge in [0.1, 0.15) is 6.29 Å². The molecule has 5 nitrogen and oxygen atoms in total. The maximum Gasteiger partial charge on any atom is 0.262 e. The molecule has 0 heterocycles. The zero-order valence-corrected chi connectivity index (χ0v) is 14.7. The van der Waals surface area contributed by atoms with Crippen LogP contribution in [0, 0.1) is 0 Å². The highest BCUT2D eigenvalue weighted by Gasteiger charge is 2.09. The van der Waals surface area contributed by atoms with Crippen molar-refractivity contribution in [3.05, 3.63) is 53.6 Å². The lowest BCUT2D eigenvalue weighted by Gasteiger charge is -2.12. The summed E-state index contributed by atoms with van der Waals surface area (Å²) in [5.41, 5.74) is 2.45. The van der Waals surface area contributed by atoms with Gasteiger partial charge in [0, 0.05) is 11.3 Å². The van der Waals surface area contributed by atoms with Crippen molar-refractivity contribution in [1.29, 1.82) is 0 Å². The van der Waals surface area contributed by atoms with Gasteiger partial charge in [0.2, 0.25) is 0 Å². The molecular weight excluding hydrogens is 318 g/mol. The lowest BCUT2D eigenvalue weighted by molar-refractivity contribution is -0.118. The molecular formula is C20H23NO4. The minimum absolute atomic E-state index is 0.149. The molecule has 0 bridgehead atoms. The van der Waals surface area contributed by atoms with Gasteiger partial charge in [0.05, 0.1) is 7.11 Å². The van der Waals surface area contributed by atoms with Crippen LogP contribution in [0.15, 0.2) is 42.5 Å². The number of aldehydes is 1. The van der Waals surface area contributed by atoms with Gasteiger partial charge in [-0.15, -0.1) is 0 Å². The molecule has 1 N–H and O–H groups in total. The number of hydrogen-bond donors (Lipinski definition) is 1. The van der Waals surface area contributed by atoms with Crippen LogP contribution in [-0.2, 0) is 4.79 Å². The standard InChI is InChI=1S/C20H23NO4/c1-4-14(2)16-6-8-17(9-7-16)21-20(23)13-25-18-10-5-15(12-22)11-19(18)24-3/h5-12,14H,4,13H2,1-3H3,(H,21,23)/t14-/m0/s1. The monoisotopic (exact) mass is 341 g/mol. The largest absolute Gasteiger partial charge is 0.493 e. The molecule has 0 spiro atoms. The van der Waals surface area contributed by atoms with Gasteiger partial charge in [-0.2, -0.15) is 0 Å². The number of carbonyl (C=O) groups excluding carboxylic acids is 2. The van der Waals surface area contributed by atoms with Crippen molar-refractivity contribution in [3.8, 4) is 11.5 Å². The number of benzene rings is 2. The van der Waals surface area contributed by atoms with Gasteiger partial charge in [-0.05, 0) is 48.2 Å². The Bertz CT molecular complexity index is 725. The predicted octanol–water partition coefficient (Wildman–Crippen LogP) is 4.04. The van der Waals surface area contributed by atoms with E-state index in [1.807, 2.05) is 24.3 Å². The van der Waals surface area contributed by atoms with E-state index in [4.69, 9.17) is 9.47 Å². The number of hydrogen-bond acceptors (Lipinski definition) is 4. The van der Waals surface area contributed by atoms with Crippen molar-refractivity contribution in [2.45, 2.75) is 26.2 Å². The van der Waals surface area contributed by atoms with Crippen LogP contribution in [0.4, 0.5) is 5.69 Å². The van der Waals surface area contributed by atoms with Crippen LogP contribution >= 0.6 is 0 Å². The van der Waals surface area contributed by atoms with E-state index in [9.17, 15) is 9.59 Å². The Morgan fingerprint density at radius 2 is 1.88 bits per heavy atom. The Labute approximate surface area is 148 Å². The van der Waals surface area contributed by atoms with Crippen LogP contribution in [0.1, 0.15) is 42.1 Å². The van der Waals surface area contributed by atoms with Gasteiger partial charge in [-0.25, -0.2) is 0 Å². The fraction of sp³-hybridized carbons (Fsp3) is 0.300. The Morgan fingerprint density at radius 3 is 2.48 bits per heavy atom. The molecule has 1 atom stereocenters. The van der Waals surface area contributed by atoms with Crippen molar-refractivity contribution >= 4 is 17.9 Å². The van der Waals surface area contributed by atoms with Gasteiger partial charge in [0.25, 0.3) is 5.91 Å². The predicted molar refractivity (Wildman–Crippen MR) is 97.7 cm³/mol. The van der Waals surface area contributed by atoms with Crippen molar-refractivity contribution in [2.75, 3.05) is 19.0 Å². The fourth-order valence-corrected chi connectivity index (χ4v) is 2.35. The molecule has 0 radical (unpaired) electrons. The smallest absolute Gasteiger partial charge is 0.262 e. The van der Waals surface area contributed by atoms with E-state index in [1.54, 1.807) is 18.2 Å². The normalized spacial score (nSPS) is 11.5. The first kappa shape index (κ1) is 18.5. The first-order chi connectivity index (χ1) is 12.1. The number of rotatable bonds is 8. The third-order valence-corrected chi connectivity index (χ3v) is 4.06. The molecule has 0 aliphatic heterocycles. The van der Waals surface area contributed by atoms with E-state index in [2.05, 4.69) is 19.2 Å². The van der Waals surface area contributed by atoms with Gasteiger partial charge in [0.15, 0.2) is 18.1 Å². The van der Waals surface area contributed by atoms with Crippen LogP contribution in [0.5, 0.6) is 11.5 Å². The molecule has 2 aromatic rings. The number of ether oxygens (including phenoxy) is 2. The Morgan fingerprint density at radius 1 is 1.16 bits per heavy atom. The maximum atomic E-state index is 12.1. The summed E-state index contributed by atoms with van der Waals surface area (Å²) in [4.78, 5) is 22.8. The zero-order chi connectivity index (χ0) is 18.2. The topological polar surface area (TPSA) is 64.6 Å². The highest BCUT2D eigenvalue weighted by atomic mass is 16.5. The average Bonchev–Trinajstić information content (AvgIpc) is 2.66. The molecule has 0 saturated carbocycles. The second-order valence-corrected chi connectivity index (χ2v) is 5.80. The molecule has 0 fully saturated rings. The highest BCUT2D eigenvalue weighted by molar-refractivity contribution is 5.91. The van der Waals surface area contributed by atoms with E-state index >= 15 is 0 Å². The molecule has 0 aromatic heterocycles. The second-order valence-electron chi connectivity index (χ2n) is 5.80. The van der Waals surface area contributed by atoms with Crippen molar-refractivity contribution in [1.82, 2.24) is 0 Å². The summed E-state index contributed by atoms with van der Waals surface area (Å²) in [6, 6.07) is 12.6. The zero-order valence-electron chi connectivity index (χ0n) is 14.7. The molecule has 25 heavy (non-hydrogen) atoms. The quantitative estimate of drug-likeness (QED) is 0.736. The number of anilines is 1. The van der Waals surface area contributed by atoms with Gasteiger partial charge in [-0.1, -0.05) is 26.0 Å². The Balaban J connectivity index is 1.93. The van der Waals surface area contributed by atoms with Gasteiger partial charge in [-0.3, -0.25) is 9.59 Å². The molecule has 2 aromatic carbocycles. The van der Waals surface area contributed by atoms with Crippen LogP contribution in [-0.4, -0.2) is 25.9 Å². The minimum Gasteiger partial charge on any atom is -0.493 e. The van der Waals surface area contributed by atoms with Crippen molar-refractivity contribution in [3.63, 3.8) is 0 Å². The molecule has 0 saturated heterocycles. The molecule has 1 amide bonds. The summed E-state index contributed by atoms with van der Waals surface area (Å²) in [5, 5.41) is 2.80. The average molecular weight is 341 g/mol. The lowest BCUT2D eigenvalue weighted by Crippen LogP contribution is -2.20. The number of carbonyl (C=O) groups is 2. The van der Waals surface area contributed by atoms with Crippen LogP contribution in [0.2, 0.25) is 0 Å². The SMILES string of the molecule is CC[C@H](C)c1ccc(NC(=O)COc2ccc(C=O)cc2OC)cc1. The Kier molecular flexibility index (Phi) is 6.57. The molecule has 132 valence electrons. The second kappa shape index (κ2) is 8.87. The van der Waals surface area contributed by atoms with E-state index in [0.717, 1.165) is 18.4 Å². The number of methoxy groups -OCH3 is 1. The molecule has 0 aliphatic carbocycles. The third-order valence-electron chi connectivity index (χ3n) is 4.06. The van der Waals surface area contributed by atoms with E-state index in [-0.39, 0.29) is 12.5 Å². The number of amides is 1. The third kappa shape index (κ3) is 5.08. The summed E-state index contributed by atoms with van der Waals surface area (Å²) >= 11 is 0. The van der Waals surface area contributed by atoms with Crippen molar-refractivity contribution < 1.29 is 19.1 Å². The fourth-order valence-electron chi connectivity index (χ4n) is 2.35. The van der Waals surface area contributed by atoms with Crippen molar-refractivity contribution in [2.24, 2.45) is 0 Å². The van der Waals surface area contributed by atoms with Gasteiger partial charge >= 0.3 is 0 Å². The van der Waals surface area contributed by atoms with E-state index in [0.29, 0.717) is 23.0 Å². The Hall–Kier alpha value is -2.82. The molecule has 0 aliphatic rings. The number of nitrogens with one attached hydrogen (secondary N) is 1. The summed E-state index contributed by atoms with van der Waals surface area (Å²) in [7, 11) is 1.48. The van der Waals surface area contributed by atoms with Crippen LogP contribution in [0.3, 0.4) is 0 Å². The summed E-state index contributed by atoms with van der Waals surface area (Å²) in [6.45, 7) is 4.17. The minimum atomic E-state index is -0.266. The maximum absolute atomic E-state index is 12.1. The van der Waals surface area contributed by atoms with Gasteiger partial charge < -0.3 is 14.8 Å². The van der Waals surface area contributed by atoms with E-state index < -0.39 is 0 Å². The molecule has 5 heteroatoms. The van der Waals surface area contributed by atoms with Crippen LogP contribution < -0.4 is 14.8 Å². The lowest BCUT2D eigenvalue weighted by atomic mass is 9.99. The van der Waals surface area contributed by atoms with E-state index in [1.165, 1.54) is 12.7 Å².